The molecule has 1 aromatic rings. The van der Waals surface area contributed by atoms with Crippen LogP contribution in [0.2, 0.25) is 0 Å². The Morgan fingerprint density at radius 2 is 1.89 bits per heavy atom. The summed E-state index contributed by atoms with van der Waals surface area (Å²) in [5.74, 6) is 0. The van der Waals surface area contributed by atoms with Crippen LogP contribution in [0.4, 0.5) is 18.9 Å². The van der Waals surface area contributed by atoms with Gasteiger partial charge in [0.05, 0.1) is 16.1 Å². The van der Waals surface area contributed by atoms with Gasteiger partial charge in [0.25, 0.3) is 5.69 Å². The van der Waals surface area contributed by atoms with Gasteiger partial charge in [-0.05, 0) is 26.0 Å². The Bertz CT molecular complexity index is 518. The van der Waals surface area contributed by atoms with Crippen LogP contribution in [0, 0.1) is 10.1 Å². The van der Waals surface area contributed by atoms with Crippen molar-refractivity contribution in [1.82, 2.24) is 0 Å². The molecular weight excluding hydrogens is 249 g/mol. The fourth-order valence-electron chi connectivity index (χ4n) is 1.36. The third-order valence-electron chi connectivity index (χ3n) is 2.35. The van der Waals surface area contributed by atoms with Crippen molar-refractivity contribution in [2.24, 2.45) is 5.73 Å². The summed E-state index contributed by atoms with van der Waals surface area (Å²) in [5.41, 5.74) is 4.47. The second kappa shape index (κ2) is 4.67. The molecule has 2 N–H and O–H groups in total. The molecular formula is C11H11F3N2O2. The molecule has 1 rings (SSSR count). The van der Waals surface area contributed by atoms with Crippen molar-refractivity contribution in [2.45, 2.75) is 20.0 Å². The Morgan fingerprint density at radius 3 is 2.28 bits per heavy atom. The largest absolute Gasteiger partial charge is 0.416 e. The van der Waals surface area contributed by atoms with Crippen LogP contribution in [-0.4, -0.2) is 4.92 Å². The normalized spacial score (nSPS) is 11.2. The van der Waals surface area contributed by atoms with Crippen molar-refractivity contribution in [1.29, 1.82) is 0 Å². The second-order valence-electron chi connectivity index (χ2n) is 3.90. The van der Waals surface area contributed by atoms with Crippen LogP contribution in [0.5, 0.6) is 0 Å². The Hall–Kier alpha value is -2.05. The molecule has 4 nitrogen and oxygen atoms in total. The summed E-state index contributed by atoms with van der Waals surface area (Å²) in [6, 6.07) is 2.17. The van der Waals surface area contributed by atoms with Gasteiger partial charge in [0.1, 0.15) is 0 Å². The lowest BCUT2D eigenvalue weighted by molar-refractivity contribution is -0.385. The fraction of sp³-hybridized carbons (Fsp3) is 0.273. The van der Waals surface area contributed by atoms with Crippen LogP contribution in [0.1, 0.15) is 25.0 Å². The zero-order valence-electron chi connectivity index (χ0n) is 9.71. The standard InChI is InChI=1S/C11H11F3N2O2/c1-6(2)10(15)8-5-7(11(12,13)14)3-4-9(8)16(17)18/h3-5H,15H2,1-2H3. The zero-order valence-corrected chi connectivity index (χ0v) is 9.71. The number of hydrogen-bond acceptors (Lipinski definition) is 3. The lowest BCUT2D eigenvalue weighted by Gasteiger charge is -2.10. The minimum absolute atomic E-state index is 0.0206. The molecule has 0 bridgehead atoms. The minimum Gasteiger partial charge on any atom is -0.398 e. The molecule has 7 heteroatoms. The molecule has 18 heavy (non-hydrogen) atoms. The minimum atomic E-state index is -4.56. The Kier molecular flexibility index (Phi) is 3.64. The van der Waals surface area contributed by atoms with Crippen LogP contribution in [-0.2, 0) is 6.18 Å². The highest BCUT2D eigenvalue weighted by Gasteiger charge is 2.32. The summed E-state index contributed by atoms with van der Waals surface area (Å²) < 4.78 is 37.6. The quantitative estimate of drug-likeness (QED) is 0.655. The highest BCUT2D eigenvalue weighted by molar-refractivity contribution is 5.73. The first-order valence-electron chi connectivity index (χ1n) is 4.93. The van der Waals surface area contributed by atoms with Crippen molar-refractivity contribution in [3.05, 3.63) is 45.0 Å². The first-order valence-corrected chi connectivity index (χ1v) is 4.93. The van der Waals surface area contributed by atoms with Gasteiger partial charge in [-0.15, -0.1) is 0 Å². The molecule has 1 aromatic carbocycles. The van der Waals surface area contributed by atoms with Gasteiger partial charge in [0, 0.05) is 11.8 Å². The summed E-state index contributed by atoms with van der Waals surface area (Å²) in [4.78, 5) is 10.00. The van der Waals surface area contributed by atoms with E-state index in [1.54, 1.807) is 13.8 Å². The van der Waals surface area contributed by atoms with E-state index in [1.807, 2.05) is 0 Å². The topological polar surface area (TPSA) is 69.2 Å². The number of halogens is 3. The van der Waals surface area contributed by atoms with E-state index in [-0.39, 0.29) is 11.3 Å². The van der Waals surface area contributed by atoms with Crippen LogP contribution in [0.25, 0.3) is 5.70 Å². The maximum Gasteiger partial charge on any atom is 0.416 e. The second-order valence-corrected chi connectivity index (χ2v) is 3.90. The molecule has 0 radical (unpaired) electrons. The molecule has 0 fully saturated rings. The van der Waals surface area contributed by atoms with Gasteiger partial charge in [-0.1, -0.05) is 5.57 Å². The molecule has 0 saturated heterocycles. The first kappa shape index (κ1) is 14.0. The Balaban J connectivity index is 3.53. The number of hydrogen-bond donors (Lipinski definition) is 1. The molecule has 0 heterocycles. The highest BCUT2D eigenvalue weighted by atomic mass is 19.4. The van der Waals surface area contributed by atoms with Gasteiger partial charge in [-0.25, -0.2) is 0 Å². The molecule has 0 aliphatic carbocycles. The van der Waals surface area contributed by atoms with Crippen LogP contribution in [0.15, 0.2) is 23.8 Å². The van der Waals surface area contributed by atoms with E-state index in [2.05, 4.69) is 0 Å². The first-order chi connectivity index (χ1) is 8.14. The van der Waals surface area contributed by atoms with E-state index in [4.69, 9.17) is 5.73 Å². The van der Waals surface area contributed by atoms with Gasteiger partial charge in [0.15, 0.2) is 0 Å². The van der Waals surface area contributed by atoms with Crippen LogP contribution in [0.3, 0.4) is 0 Å². The molecule has 98 valence electrons. The van der Waals surface area contributed by atoms with Crippen molar-refractivity contribution in [3.63, 3.8) is 0 Å². The molecule has 0 aromatic heterocycles. The molecule has 0 amide bonds. The Labute approximate surface area is 101 Å². The van der Waals surface area contributed by atoms with Crippen molar-refractivity contribution >= 4 is 11.4 Å². The smallest absolute Gasteiger partial charge is 0.398 e. The number of alkyl halides is 3. The lowest BCUT2D eigenvalue weighted by atomic mass is 10.0. The monoisotopic (exact) mass is 260 g/mol. The van der Waals surface area contributed by atoms with E-state index in [9.17, 15) is 23.3 Å². The summed E-state index contributed by atoms with van der Waals surface area (Å²) in [6.07, 6.45) is -4.56. The number of allylic oxidation sites excluding steroid dienone is 1. The molecule has 0 saturated carbocycles. The van der Waals surface area contributed by atoms with E-state index < -0.39 is 22.4 Å². The molecule has 0 aliphatic rings. The van der Waals surface area contributed by atoms with Crippen LogP contribution >= 0.6 is 0 Å². The van der Waals surface area contributed by atoms with Crippen molar-refractivity contribution in [3.8, 4) is 0 Å². The number of nitrogens with zero attached hydrogens (tertiary/aromatic N) is 1. The van der Waals surface area contributed by atoms with Crippen molar-refractivity contribution < 1.29 is 18.1 Å². The van der Waals surface area contributed by atoms with Gasteiger partial charge in [0.2, 0.25) is 0 Å². The van der Waals surface area contributed by atoms with Gasteiger partial charge < -0.3 is 5.73 Å². The van der Waals surface area contributed by atoms with Gasteiger partial charge >= 0.3 is 6.18 Å². The van der Waals surface area contributed by atoms with Crippen LogP contribution < -0.4 is 5.73 Å². The fourth-order valence-corrected chi connectivity index (χ4v) is 1.36. The van der Waals surface area contributed by atoms with Gasteiger partial charge in [-0.2, -0.15) is 13.2 Å². The lowest BCUT2D eigenvalue weighted by Crippen LogP contribution is -2.09. The number of nitro benzene ring substituents is 1. The van der Waals surface area contributed by atoms with E-state index >= 15 is 0 Å². The predicted molar refractivity (Wildman–Crippen MR) is 60.6 cm³/mol. The molecule has 0 aliphatic heterocycles. The average Bonchev–Trinajstić information content (AvgIpc) is 2.25. The summed E-state index contributed by atoms with van der Waals surface area (Å²) in [6.45, 7) is 3.14. The molecule has 0 atom stereocenters. The number of rotatable bonds is 2. The van der Waals surface area contributed by atoms with Crippen molar-refractivity contribution in [2.75, 3.05) is 0 Å². The van der Waals surface area contributed by atoms with E-state index in [0.717, 1.165) is 6.07 Å². The third kappa shape index (κ3) is 2.79. The third-order valence-corrected chi connectivity index (χ3v) is 2.35. The molecule has 0 spiro atoms. The summed E-state index contributed by atoms with van der Waals surface area (Å²) in [7, 11) is 0. The highest BCUT2D eigenvalue weighted by Crippen LogP contribution is 2.34. The number of benzene rings is 1. The predicted octanol–water partition coefficient (Wildman–Crippen LogP) is 3.32. The maximum atomic E-state index is 12.5. The number of nitrogens with two attached hydrogens (primary N) is 1. The van der Waals surface area contributed by atoms with E-state index in [1.165, 1.54) is 0 Å². The zero-order chi connectivity index (χ0) is 14.1. The average molecular weight is 260 g/mol. The van der Waals surface area contributed by atoms with E-state index in [0.29, 0.717) is 17.7 Å². The maximum absolute atomic E-state index is 12.5. The van der Waals surface area contributed by atoms with Gasteiger partial charge in [-0.3, -0.25) is 10.1 Å². The Morgan fingerprint density at radius 1 is 1.33 bits per heavy atom. The number of nitro groups is 1. The molecule has 0 unspecified atom stereocenters. The summed E-state index contributed by atoms with van der Waals surface area (Å²) in [5, 5.41) is 10.8. The SMILES string of the molecule is CC(C)=C(N)c1cc(C(F)(F)F)ccc1[N+](=O)[O-]. The summed E-state index contributed by atoms with van der Waals surface area (Å²) >= 11 is 0.